The minimum Gasteiger partial charge on any atom is -0.349 e. The van der Waals surface area contributed by atoms with Crippen molar-refractivity contribution in [1.82, 2.24) is 0 Å². The molecule has 1 aliphatic rings. The van der Waals surface area contributed by atoms with E-state index in [1.807, 2.05) is 18.2 Å². The third-order valence-corrected chi connectivity index (χ3v) is 5.34. The summed E-state index contributed by atoms with van der Waals surface area (Å²) in [4.78, 5) is 26.4. The summed E-state index contributed by atoms with van der Waals surface area (Å²) < 4.78 is 0. The van der Waals surface area contributed by atoms with Crippen molar-refractivity contribution in [2.24, 2.45) is 0 Å². The number of nitriles is 2. The number of thioether (sulfide) groups is 1. The van der Waals surface area contributed by atoms with Gasteiger partial charge in [0, 0.05) is 17.1 Å². The lowest BCUT2D eigenvalue weighted by atomic mass is 10.3. The highest BCUT2D eigenvalue weighted by Gasteiger charge is 2.41. The summed E-state index contributed by atoms with van der Waals surface area (Å²) in [5.41, 5.74) is 0.903. The minimum absolute atomic E-state index is 0.0415. The van der Waals surface area contributed by atoms with E-state index in [1.165, 1.54) is 0 Å². The van der Waals surface area contributed by atoms with Crippen molar-refractivity contribution in [3.8, 4) is 12.1 Å². The first-order valence-corrected chi connectivity index (χ1v) is 9.45. The van der Waals surface area contributed by atoms with Gasteiger partial charge in [-0.3, -0.25) is 9.59 Å². The maximum Gasteiger partial charge on any atom is 0.247 e. The molecule has 0 aromatic heterocycles. The Morgan fingerprint density at radius 1 is 1.11 bits per heavy atom. The largest absolute Gasteiger partial charge is 0.349 e. The standard InChI is InChI=1S/C20H13ClN4O2S/c21-14-5-4-8-16(9-14)25-18(26)10-17(20(25)27)28-19(13(11-22)12-23)24-15-6-2-1-3-7-15/h1-9,17,24H,10H2/t17-/m1/s1. The van der Waals surface area contributed by atoms with Gasteiger partial charge in [-0.15, -0.1) is 0 Å². The Labute approximate surface area is 171 Å². The Morgan fingerprint density at radius 3 is 2.46 bits per heavy atom. The second-order valence-electron chi connectivity index (χ2n) is 5.78. The fraction of sp³-hybridized carbons (Fsp3) is 0.100. The van der Waals surface area contributed by atoms with Crippen LogP contribution in [0.5, 0.6) is 0 Å². The van der Waals surface area contributed by atoms with Crippen molar-refractivity contribution in [1.29, 1.82) is 10.5 Å². The van der Waals surface area contributed by atoms with Crippen LogP contribution in [0.4, 0.5) is 11.4 Å². The van der Waals surface area contributed by atoms with E-state index in [0.29, 0.717) is 16.4 Å². The topological polar surface area (TPSA) is 97.0 Å². The average Bonchev–Trinajstić information content (AvgIpc) is 2.96. The van der Waals surface area contributed by atoms with E-state index >= 15 is 0 Å². The minimum atomic E-state index is -0.755. The Kier molecular flexibility index (Phi) is 6.00. The van der Waals surface area contributed by atoms with Gasteiger partial charge in [-0.05, 0) is 30.3 Å². The number of hydrogen-bond acceptors (Lipinski definition) is 6. The van der Waals surface area contributed by atoms with Crippen LogP contribution in [0.3, 0.4) is 0 Å². The number of carbonyl (C=O) groups is 2. The van der Waals surface area contributed by atoms with Crippen LogP contribution in [0.2, 0.25) is 5.02 Å². The van der Waals surface area contributed by atoms with Gasteiger partial charge in [0.1, 0.15) is 17.2 Å². The SMILES string of the molecule is N#CC(C#N)=C(Nc1ccccc1)S[C@@H]1CC(=O)N(c2cccc(Cl)c2)C1=O. The molecule has 2 amide bonds. The summed E-state index contributed by atoms with van der Waals surface area (Å²) in [5, 5.41) is 21.4. The molecule has 0 aliphatic carbocycles. The highest BCUT2D eigenvalue weighted by Crippen LogP contribution is 2.35. The van der Waals surface area contributed by atoms with Crippen LogP contribution < -0.4 is 10.2 Å². The quantitative estimate of drug-likeness (QED) is 0.591. The molecule has 6 nitrogen and oxygen atoms in total. The molecule has 0 radical (unpaired) electrons. The first kappa shape index (κ1) is 19.5. The number of anilines is 2. The molecule has 1 fully saturated rings. The lowest BCUT2D eigenvalue weighted by molar-refractivity contribution is -0.121. The lowest BCUT2D eigenvalue weighted by Gasteiger charge is -2.16. The number of allylic oxidation sites excluding steroid dienone is 1. The van der Waals surface area contributed by atoms with Crippen LogP contribution in [0.25, 0.3) is 0 Å². The molecule has 1 saturated heterocycles. The van der Waals surface area contributed by atoms with Gasteiger partial charge in [0.25, 0.3) is 0 Å². The molecule has 0 spiro atoms. The van der Waals surface area contributed by atoms with Gasteiger partial charge in [-0.2, -0.15) is 10.5 Å². The van der Waals surface area contributed by atoms with Gasteiger partial charge in [0.15, 0.2) is 5.57 Å². The number of para-hydroxylation sites is 1. The predicted molar refractivity (Wildman–Crippen MR) is 108 cm³/mol. The Hall–Kier alpha value is -3.26. The molecule has 0 saturated carbocycles. The number of hydrogen-bond donors (Lipinski definition) is 1. The highest BCUT2D eigenvalue weighted by molar-refractivity contribution is 8.04. The van der Waals surface area contributed by atoms with Crippen molar-refractivity contribution in [3.63, 3.8) is 0 Å². The van der Waals surface area contributed by atoms with Crippen molar-refractivity contribution < 1.29 is 9.59 Å². The molecule has 1 heterocycles. The first-order valence-electron chi connectivity index (χ1n) is 8.19. The summed E-state index contributed by atoms with van der Waals surface area (Å²) in [6.07, 6.45) is -0.0415. The smallest absolute Gasteiger partial charge is 0.247 e. The molecule has 138 valence electrons. The van der Waals surface area contributed by atoms with E-state index < -0.39 is 11.2 Å². The molecule has 1 atom stereocenters. The van der Waals surface area contributed by atoms with Crippen LogP contribution in [0.15, 0.2) is 65.2 Å². The molecule has 8 heteroatoms. The fourth-order valence-corrected chi connectivity index (χ4v) is 3.94. The third kappa shape index (κ3) is 4.17. The summed E-state index contributed by atoms with van der Waals surface area (Å²) in [7, 11) is 0. The Balaban J connectivity index is 1.87. The van der Waals surface area contributed by atoms with Gasteiger partial charge >= 0.3 is 0 Å². The molecule has 28 heavy (non-hydrogen) atoms. The molecule has 2 aromatic rings. The van der Waals surface area contributed by atoms with Gasteiger partial charge in [-0.25, -0.2) is 4.90 Å². The van der Waals surface area contributed by atoms with Crippen molar-refractivity contribution >= 4 is 46.6 Å². The average molecular weight is 409 g/mol. The fourth-order valence-electron chi connectivity index (χ4n) is 2.65. The number of rotatable bonds is 5. The maximum absolute atomic E-state index is 12.8. The van der Waals surface area contributed by atoms with Gasteiger partial charge in [-0.1, -0.05) is 47.6 Å². The second-order valence-corrected chi connectivity index (χ2v) is 7.43. The molecule has 0 bridgehead atoms. The number of benzene rings is 2. The van der Waals surface area contributed by atoms with Crippen LogP contribution in [-0.2, 0) is 9.59 Å². The molecular formula is C20H13ClN4O2S. The molecular weight excluding hydrogens is 396 g/mol. The zero-order chi connectivity index (χ0) is 20.1. The van der Waals surface area contributed by atoms with Gasteiger partial charge < -0.3 is 5.32 Å². The van der Waals surface area contributed by atoms with Gasteiger partial charge in [0.2, 0.25) is 11.8 Å². The van der Waals surface area contributed by atoms with E-state index in [4.69, 9.17) is 11.6 Å². The zero-order valence-electron chi connectivity index (χ0n) is 14.4. The maximum atomic E-state index is 12.8. The molecule has 0 unspecified atom stereocenters. The molecule has 3 rings (SSSR count). The number of carbonyl (C=O) groups excluding carboxylic acids is 2. The molecule has 2 aromatic carbocycles. The summed E-state index contributed by atoms with van der Waals surface area (Å²) in [5.74, 6) is -0.779. The van der Waals surface area contributed by atoms with E-state index in [1.54, 1.807) is 48.5 Å². The summed E-state index contributed by atoms with van der Waals surface area (Å²) in [6.45, 7) is 0. The molecule has 1 N–H and O–H groups in total. The normalized spacial score (nSPS) is 15.7. The van der Waals surface area contributed by atoms with E-state index in [-0.39, 0.29) is 22.9 Å². The third-order valence-electron chi connectivity index (χ3n) is 3.91. The second kappa shape index (κ2) is 8.62. The van der Waals surface area contributed by atoms with Gasteiger partial charge in [0.05, 0.1) is 10.9 Å². The van der Waals surface area contributed by atoms with Crippen LogP contribution >= 0.6 is 23.4 Å². The van der Waals surface area contributed by atoms with Crippen LogP contribution in [0, 0.1) is 22.7 Å². The number of amides is 2. The summed E-state index contributed by atoms with van der Waals surface area (Å²) in [6, 6.07) is 19.1. The van der Waals surface area contributed by atoms with Crippen LogP contribution in [0.1, 0.15) is 6.42 Å². The lowest BCUT2D eigenvalue weighted by Crippen LogP contribution is -2.31. The van der Waals surface area contributed by atoms with E-state index in [2.05, 4.69) is 5.32 Å². The number of halogens is 1. The monoisotopic (exact) mass is 408 g/mol. The predicted octanol–water partition coefficient (Wildman–Crippen LogP) is 4.08. The van der Waals surface area contributed by atoms with Crippen molar-refractivity contribution in [2.75, 3.05) is 10.2 Å². The number of imide groups is 1. The number of nitrogens with one attached hydrogen (secondary N) is 1. The first-order chi connectivity index (χ1) is 13.5. The van der Waals surface area contributed by atoms with Crippen LogP contribution in [-0.4, -0.2) is 17.1 Å². The molecule has 1 aliphatic heterocycles. The van der Waals surface area contributed by atoms with Crippen molar-refractivity contribution in [3.05, 3.63) is 70.2 Å². The van der Waals surface area contributed by atoms with E-state index in [9.17, 15) is 20.1 Å². The number of nitrogens with zero attached hydrogens (tertiary/aromatic N) is 3. The highest BCUT2D eigenvalue weighted by atomic mass is 35.5. The van der Waals surface area contributed by atoms with Crippen molar-refractivity contribution in [2.45, 2.75) is 11.7 Å². The summed E-state index contributed by atoms with van der Waals surface area (Å²) >= 11 is 6.96. The Morgan fingerprint density at radius 2 is 1.82 bits per heavy atom. The van der Waals surface area contributed by atoms with E-state index in [0.717, 1.165) is 16.7 Å². The zero-order valence-corrected chi connectivity index (χ0v) is 16.0. The Bertz CT molecular complexity index is 1020.